The minimum absolute atomic E-state index is 0. The van der Waals surface area contributed by atoms with Gasteiger partial charge in [0, 0.05) is 25.1 Å². The Hall–Kier alpha value is -3.54. The number of hydrogen-bond donors (Lipinski definition) is 0. The molecule has 2 aromatic carbocycles. The first-order valence-electron chi connectivity index (χ1n) is 14.3. The predicted octanol–water partition coefficient (Wildman–Crippen LogP) is 9.23. The molecule has 0 saturated heterocycles. The Labute approximate surface area is 243 Å². The van der Waals surface area contributed by atoms with Gasteiger partial charge in [-0.25, -0.2) is 0 Å². The van der Waals surface area contributed by atoms with Crippen LogP contribution in [0.1, 0.15) is 98.3 Å². The molecule has 0 bridgehead atoms. The number of aldehydes is 1. The molecule has 3 rings (SSSR count). The van der Waals surface area contributed by atoms with E-state index in [1.807, 2.05) is 54.5 Å². The summed E-state index contributed by atoms with van der Waals surface area (Å²) in [6.07, 6.45) is 8.64. The lowest BCUT2D eigenvalue weighted by atomic mass is 10.0. The third-order valence-corrected chi connectivity index (χ3v) is 4.66. The van der Waals surface area contributed by atoms with Crippen molar-refractivity contribution in [1.82, 2.24) is 4.90 Å². The van der Waals surface area contributed by atoms with Crippen molar-refractivity contribution in [2.24, 2.45) is 0 Å². The van der Waals surface area contributed by atoms with E-state index in [4.69, 9.17) is 4.74 Å². The third kappa shape index (κ3) is 20.4. The molecule has 2 amide bonds. The zero-order valence-corrected chi connectivity index (χ0v) is 26.3. The molecule has 0 fully saturated rings. The van der Waals surface area contributed by atoms with Crippen LogP contribution in [0, 0.1) is 6.92 Å². The number of carbonyl (C=O) groups excluding carboxylic acids is 3. The summed E-state index contributed by atoms with van der Waals surface area (Å²) in [5.74, 6) is 0.282. The van der Waals surface area contributed by atoms with E-state index in [2.05, 4.69) is 69.0 Å². The van der Waals surface area contributed by atoms with Gasteiger partial charge in [-0.05, 0) is 44.4 Å². The lowest BCUT2D eigenvalue weighted by Gasteiger charge is -2.19. The highest BCUT2D eigenvalue weighted by atomic mass is 19.0. The van der Waals surface area contributed by atoms with Gasteiger partial charge in [0.15, 0.2) is 0 Å². The van der Waals surface area contributed by atoms with Crippen molar-refractivity contribution < 1.29 is 23.8 Å². The van der Waals surface area contributed by atoms with Gasteiger partial charge >= 0.3 is 0 Å². The zero-order chi connectivity index (χ0) is 30.5. The predicted molar refractivity (Wildman–Crippen MR) is 169 cm³/mol. The molecular weight excluding hydrogens is 505 g/mol. The van der Waals surface area contributed by atoms with Crippen molar-refractivity contribution in [2.75, 3.05) is 6.54 Å². The number of unbranched alkanes of at least 4 members (excludes halogenated alkanes) is 1. The number of benzene rings is 2. The fraction of sp³-hybridized carbons (Fsp3) is 0.441. The summed E-state index contributed by atoms with van der Waals surface area (Å²) >= 11 is 0. The van der Waals surface area contributed by atoms with E-state index in [1.54, 1.807) is 6.08 Å². The summed E-state index contributed by atoms with van der Waals surface area (Å²) in [5.41, 5.74) is 2.52. The molecule has 1 unspecified atom stereocenters. The summed E-state index contributed by atoms with van der Waals surface area (Å²) < 4.78 is 6.16. The van der Waals surface area contributed by atoms with Gasteiger partial charge in [0.25, 0.3) is 11.8 Å². The smallest absolute Gasteiger partial charge is 0.253 e. The first-order chi connectivity index (χ1) is 19.0. The maximum absolute atomic E-state index is 10.8. The maximum atomic E-state index is 10.8. The SMILES string of the molecule is C=CC.CC.CC.CC.CCCCC(Oc1ccc(C)cc1)c1ccccc1.F.O=CCCN1C(=O)C=CC1=O. The van der Waals surface area contributed by atoms with E-state index in [-0.39, 0.29) is 35.6 Å². The lowest BCUT2D eigenvalue weighted by molar-refractivity contribution is -0.136. The van der Waals surface area contributed by atoms with Gasteiger partial charge in [-0.1, -0.05) is 109 Å². The largest absolute Gasteiger partial charge is 0.486 e. The number of hydrogen-bond acceptors (Lipinski definition) is 4. The number of allylic oxidation sites excluding steroid dienone is 1. The molecule has 2 aromatic rings. The van der Waals surface area contributed by atoms with Crippen molar-refractivity contribution in [3.63, 3.8) is 0 Å². The average molecular weight is 560 g/mol. The van der Waals surface area contributed by atoms with E-state index in [0.717, 1.165) is 17.1 Å². The van der Waals surface area contributed by atoms with Crippen LogP contribution in [-0.2, 0) is 14.4 Å². The summed E-state index contributed by atoms with van der Waals surface area (Å²) in [7, 11) is 0. The zero-order valence-electron chi connectivity index (χ0n) is 26.3. The number of ether oxygens (including phenoxy) is 1. The second-order valence-electron chi connectivity index (χ2n) is 7.50. The van der Waals surface area contributed by atoms with Crippen LogP contribution in [0.2, 0.25) is 0 Å². The van der Waals surface area contributed by atoms with Crippen LogP contribution in [-0.4, -0.2) is 29.5 Å². The van der Waals surface area contributed by atoms with Gasteiger partial charge in [0.2, 0.25) is 0 Å². The molecule has 1 aliphatic rings. The van der Waals surface area contributed by atoms with Crippen molar-refractivity contribution in [3.05, 3.63) is 90.5 Å². The molecule has 226 valence electrons. The van der Waals surface area contributed by atoms with Gasteiger partial charge in [-0.3, -0.25) is 19.2 Å². The highest BCUT2D eigenvalue weighted by Crippen LogP contribution is 2.26. The highest BCUT2D eigenvalue weighted by Gasteiger charge is 2.21. The molecule has 0 aliphatic carbocycles. The summed E-state index contributed by atoms with van der Waals surface area (Å²) in [6, 6.07) is 18.8. The van der Waals surface area contributed by atoms with Crippen molar-refractivity contribution in [2.45, 2.75) is 94.1 Å². The molecule has 6 heteroatoms. The Bertz CT molecular complexity index is 878. The van der Waals surface area contributed by atoms with Crippen LogP contribution in [0.25, 0.3) is 0 Å². The van der Waals surface area contributed by atoms with Crippen LogP contribution in [0.4, 0.5) is 4.70 Å². The Balaban J connectivity index is -0.000000264. The number of nitrogens with zero attached hydrogens (tertiary/aromatic N) is 1. The van der Waals surface area contributed by atoms with Crippen LogP contribution in [0.5, 0.6) is 5.75 Å². The van der Waals surface area contributed by atoms with E-state index in [1.165, 1.54) is 36.1 Å². The lowest BCUT2D eigenvalue weighted by Crippen LogP contribution is -2.30. The second kappa shape index (κ2) is 31.7. The van der Waals surface area contributed by atoms with E-state index in [9.17, 15) is 14.4 Å². The van der Waals surface area contributed by atoms with Gasteiger partial charge < -0.3 is 9.53 Å². The van der Waals surface area contributed by atoms with E-state index < -0.39 is 0 Å². The minimum Gasteiger partial charge on any atom is -0.486 e. The van der Waals surface area contributed by atoms with Crippen LogP contribution in [0.3, 0.4) is 0 Å². The van der Waals surface area contributed by atoms with Gasteiger partial charge in [-0.2, -0.15) is 0 Å². The topological polar surface area (TPSA) is 63.7 Å². The molecule has 0 N–H and O–H groups in total. The van der Waals surface area contributed by atoms with Crippen LogP contribution < -0.4 is 4.74 Å². The van der Waals surface area contributed by atoms with Gasteiger partial charge in [-0.15, -0.1) is 6.58 Å². The summed E-state index contributed by atoms with van der Waals surface area (Å²) in [6.45, 7) is 21.7. The molecule has 1 aliphatic heterocycles. The summed E-state index contributed by atoms with van der Waals surface area (Å²) in [5, 5.41) is 0. The molecule has 1 heterocycles. The standard InChI is InChI=1S/C18H22O.C7H7NO3.C3H6.3C2H6.FH/c1-3-4-10-18(16-8-6-5-7-9-16)19-17-13-11-15(2)12-14-17;9-5-1-4-8-6(10)2-3-7(8)11;1-3-2;3*1-2;/h5-9,11-14,18H,3-4,10H2,1-2H3;2-3,5H,1,4H2;3H,1H2,2H3;3*1-2H3;1H. The second-order valence-corrected chi connectivity index (χ2v) is 7.50. The average Bonchev–Trinajstić information content (AvgIpc) is 3.31. The molecule has 0 radical (unpaired) electrons. The minimum atomic E-state index is -0.336. The Morgan fingerprint density at radius 3 is 1.77 bits per heavy atom. The number of carbonyl (C=O) groups is 3. The molecule has 0 saturated carbocycles. The van der Waals surface area contributed by atoms with Crippen LogP contribution in [0.15, 0.2) is 79.4 Å². The van der Waals surface area contributed by atoms with Crippen LogP contribution >= 0.6 is 0 Å². The number of aryl methyl sites for hydroxylation is 1. The Morgan fingerprint density at radius 2 is 1.35 bits per heavy atom. The first kappa shape index (κ1) is 43.5. The normalized spacial score (nSPS) is 11.0. The molecule has 5 nitrogen and oxygen atoms in total. The van der Waals surface area contributed by atoms with Crippen molar-refractivity contribution >= 4 is 18.1 Å². The first-order valence-corrected chi connectivity index (χ1v) is 14.3. The molecule has 40 heavy (non-hydrogen) atoms. The number of imide groups is 1. The molecule has 1 atom stereocenters. The van der Waals surface area contributed by atoms with E-state index >= 15 is 0 Å². The fourth-order valence-corrected chi connectivity index (χ4v) is 2.97. The van der Waals surface area contributed by atoms with Gasteiger partial charge in [0.05, 0.1) is 0 Å². The quantitative estimate of drug-likeness (QED) is 0.174. The summed E-state index contributed by atoms with van der Waals surface area (Å²) in [4.78, 5) is 32.5. The van der Waals surface area contributed by atoms with E-state index in [0.29, 0.717) is 6.29 Å². The third-order valence-electron chi connectivity index (χ3n) is 4.66. The molecule has 0 spiro atoms. The number of halogens is 1. The Kier molecular flexibility index (Phi) is 34.5. The van der Waals surface area contributed by atoms with Gasteiger partial charge in [0.1, 0.15) is 18.1 Å². The monoisotopic (exact) mass is 559 g/mol. The highest BCUT2D eigenvalue weighted by molar-refractivity contribution is 6.12. The fourth-order valence-electron chi connectivity index (χ4n) is 2.97. The Morgan fingerprint density at radius 1 is 0.875 bits per heavy atom. The maximum Gasteiger partial charge on any atom is 0.253 e. The number of amides is 2. The number of rotatable bonds is 9. The molecule has 0 aromatic heterocycles. The molecular formula is C34H54FNO4. The van der Waals surface area contributed by atoms with Crippen molar-refractivity contribution in [1.29, 1.82) is 0 Å². The van der Waals surface area contributed by atoms with Crippen molar-refractivity contribution in [3.8, 4) is 5.75 Å².